The van der Waals surface area contributed by atoms with E-state index in [9.17, 15) is 0 Å². The van der Waals surface area contributed by atoms with Crippen molar-refractivity contribution in [2.45, 2.75) is 97.3 Å². The van der Waals surface area contributed by atoms with E-state index in [0.717, 1.165) is 25.7 Å². The summed E-state index contributed by atoms with van der Waals surface area (Å²) in [6, 6.07) is 57.2. The topological polar surface area (TPSA) is 0 Å². The molecule has 300 valence electrons. The van der Waals surface area contributed by atoms with E-state index in [-0.39, 0.29) is 16.2 Å². The van der Waals surface area contributed by atoms with Gasteiger partial charge in [0.15, 0.2) is 0 Å². The number of benzene rings is 9. The first-order valence-corrected chi connectivity index (χ1v) is 22.9. The summed E-state index contributed by atoms with van der Waals surface area (Å²) in [4.78, 5) is 0. The molecule has 0 bridgehead atoms. The van der Waals surface area contributed by atoms with Crippen molar-refractivity contribution in [3.05, 3.63) is 179 Å². The number of fused-ring (bicyclic) bond motifs is 6. The molecule has 0 spiro atoms. The quantitative estimate of drug-likeness (QED) is 0.141. The van der Waals surface area contributed by atoms with E-state index in [0.29, 0.717) is 0 Å². The van der Waals surface area contributed by atoms with E-state index in [1.807, 2.05) is 0 Å². The summed E-state index contributed by atoms with van der Waals surface area (Å²) in [5.74, 6) is 0. The van der Waals surface area contributed by atoms with Crippen molar-refractivity contribution in [3.8, 4) is 55.6 Å². The normalized spacial score (nSPS) is 14.8. The highest BCUT2D eigenvalue weighted by atomic mass is 14.5. The van der Waals surface area contributed by atoms with Gasteiger partial charge in [-0.1, -0.05) is 175 Å². The van der Waals surface area contributed by atoms with Crippen LogP contribution in [0.2, 0.25) is 0 Å². The fraction of sp³-hybridized carbons (Fsp3) is 0.246. The SMILES string of the molecule is CCC1(CC)c2cc(-c3cccc(C)c3)ccc2-c2ccc(-c3ccc4c(c3)C(CC)(CC)c3cc(-c5ccc6ccc7cc(C(C)(C)C)cc8ccc5c6c78)ccc3-4)cc21. The minimum absolute atomic E-state index is 0.0129. The minimum Gasteiger partial charge on any atom is -0.0642 e. The van der Waals surface area contributed by atoms with Crippen molar-refractivity contribution in [1.82, 2.24) is 0 Å². The van der Waals surface area contributed by atoms with Crippen LogP contribution in [0.25, 0.3) is 88.0 Å². The van der Waals surface area contributed by atoms with E-state index in [2.05, 4.69) is 201 Å². The second-order valence-corrected chi connectivity index (χ2v) is 19.4. The Morgan fingerprint density at radius 1 is 0.377 bits per heavy atom. The van der Waals surface area contributed by atoms with E-state index < -0.39 is 0 Å². The van der Waals surface area contributed by atoms with Gasteiger partial charge in [0, 0.05) is 10.8 Å². The lowest BCUT2D eigenvalue weighted by molar-refractivity contribution is 0.490. The van der Waals surface area contributed by atoms with Crippen molar-refractivity contribution in [2.24, 2.45) is 0 Å². The van der Waals surface area contributed by atoms with Crippen LogP contribution in [0.4, 0.5) is 0 Å². The molecule has 9 aromatic carbocycles. The van der Waals surface area contributed by atoms with Crippen LogP contribution in [0.15, 0.2) is 146 Å². The molecule has 0 heterocycles. The monoisotopic (exact) mass is 788 g/mol. The molecule has 11 rings (SSSR count). The smallest absolute Gasteiger partial charge is 0.0210 e. The molecule has 0 atom stereocenters. The van der Waals surface area contributed by atoms with Gasteiger partial charge in [0.25, 0.3) is 0 Å². The van der Waals surface area contributed by atoms with Crippen molar-refractivity contribution < 1.29 is 0 Å². The maximum Gasteiger partial charge on any atom is 0.0210 e. The zero-order chi connectivity index (χ0) is 42.0. The standard InChI is InChI=1S/C61H56/c1-9-60(10-2)53-33-40(39-15-13-14-37(5)30-39)19-25-48(53)49-26-20-41(34-54(49)60)42-21-27-50-51-28-22-43(36-56(51)61(11-3,12-4)55(50)35-42)47-24-18-38-16-17-44-31-46(59(6,7)8)32-45-23-29-52(47)58(38)57(44)45/h13-36H,9-12H2,1-8H3. The van der Waals surface area contributed by atoms with Crippen molar-refractivity contribution in [2.75, 3.05) is 0 Å². The van der Waals surface area contributed by atoms with Crippen molar-refractivity contribution in [1.29, 1.82) is 0 Å². The van der Waals surface area contributed by atoms with Crippen LogP contribution >= 0.6 is 0 Å². The molecule has 0 saturated heterocycles. The molecule has 9 aromatic rings. The lowest BCUT2D eigenvalue weighted by atomic mass is 9.72. The summed E-state index contributed by atoms with van der Waals surface area (Å²) in [5.41, 5.74) is 22.1. The van der Waals surface area contributed by atoms with Crippen LogP contribution in [-0.2, 0) is 16.2 Å². The molecule has 0 nitrogen and oxygen atoms in total. The fourth-order valence-electron chi connectivity index (χ4n) is 12.0. The molecule has 2 aliphatic carbocycles. The Labute approximate surface area is 362 Å². The number of rotatable bonds is 7. The average molecular weight is 789 g/mol. The Bertz CT molecular complexity index is 3210. The van der Waals surface area contributed by atoms with Gasteiger partial charge in [-0.2, -0.15) is 0 Å². The molecule has 61 heavy (non-hydrogen) atoms. The van der Waals surface area contributed by atoms with Gasteiger partial charge in [-0.25, -0.2) is 0 Å². The maximum absolute atomic E-state index is 2.56. The lowest BCUT2D eigenvalue weighted by Gasteiger charge is -2.31. The molecule has 0 saturated carbocycles. The second-order valence-electron chi connectivity index (χ2n) is 19.4. The third-order valence-electron chi connectivity index (χ3n) is 15.6. The number of hydrogen-bond donors (Lipinski definition) is 0. The van der Waals surface area contributed by atoms with E-state index in [4.69, 9.17) is 0 Å². The Hall–Kier alpha value is -5.98. The Kier molecular flexibility index (Phi) is 8.41. The number of hydrogen-bond acceptors (Lipinski definition) is 0. The van der Waals surface area contributed by atoms with Crippen molar-refractivity contribution >= 4 is 32.3 Å². The molecular weight excluding hydrogens is 733 g/mol. The highest BCUT2D eigenvalue weighted by molar-refractivity contribution is 6.25. The third kappa shape index (κ3) is 5.37. The number of aryl methyl sites for hydroxylation is 1. The summed E-state index contributed by atoms with van der Waals surface area (Å²) in [7, 11) is 0. The largest absolute Gasteiger partial charge is 0.0642 e. The summed E-state index contributed by atoms with van der Waals surface area (Å²) in [6.45, 7) is 18.7. The first kappa shape index (κ1) is 38.0. The minimum atomic E-state index is -0.0560. The van der Waals surface area contributed by atoms with E-state index in [1.165, 1.54) is 121 Å². The third-order valence-corrected chi connectivity index (χ3v) is 15.6. The van der Waals surface area contributed by atoms with Gasteiger partial charge in [0.2, 0.25) is 0 Å². The average Bonchev–Trinajstić information content (AvgIpc) is 3.72. The fourth-order valence-corrected chi connectivity index (χ4v) is 12.0. The van der Waals surface area contributed by atoms with Crippen molar-refractivity contribution in [3.63, 3.8) is 0 Å². The molecule has 0 aliphatic heterocycles. The second kappa shape index (κ2) is 13.5. The predicted octanol–water partition coefficient (Wildman–Crippen LogP) is 17.4. The van der Waals surface area contributed by atoms with Crippen LogP contribution in [0, 0.1) is 6.92 Å². The van der Waals surface area contributed by atoms with Crippen LogP contribution in [-0.4, -0.2) is 0 Å². The Morgan fingerprint density at radius 3 is 1.26 bits per heavy atom. The van der Waals surface area contributed by atoms with E-state index in [1.54, 1.807) is 0 Å². The van der Waals surface area contributed by atoms with Gasteiger partial charge in [-0.15, -0.1) is 0 Å². The van der Waals surface area contributed by atoms with Gasteiger partial charge in [-0.3, -0.25) is 0 Å². The summed E-state index contributed by atoms with van der Waals surface area (Å²) < 4.78 is 0. The zero-order valence-corrected chi connectivity index (χ0v) is 37.2. The van der Waals surface area contributed by atoms with Gasteiger partial charge < -0.3 is 0 Å². The molecule has 2 aliphatic rings. The molecule has 0 aromatic heterocycles. The highest BCUT2D eigenvalue weighted by Gasteiger charge is 2.43. The summed E-state index contributed by atoms with van der Waals surface area (Å²) in [5, 5.41) is 8.11. The van der Waals surface area contributed by atoms with Gasteiger partial charge in [0.1, 0.15) is 0 Å². The molecule has 0 unspecified atom stereocenters. The Balaban J connectivity index is 1.00. The zero-order valence-electron chi connectivity index (χ0n) is 37.2. The van der Waals surface area contributed by atoms with Crippen LogP contribution in [0.1, 0.15) is 108 Å². The van der Waals surface area contributed by atoms with Crippen LogP contribution < -0.4 is 0 Å². The molecule has 0 heteroatoms. The molecular formula is C61H56. The predicted molar refractivity (Wildman–Crippen MR) is 263 cm³/mol. The van der Waals surface area contributed by atoms with Gasteiger partial charge in [0.05, 0.1) is 0 Å². The molecule has 0 fully saturated rings. The molecule has 0 radical (unpaired) electrons. The van der Waals surface area contributed by atoms with Gasteiger partial charge in [-0.05, 0) is 178 Å². The van der Waals surface area contributed by atoms with Crippen LogP contribution in [0.3, 0.4) is 0 Å². The lowest BCUT2D eigenvalue weighted by Crippen LogP contribution is -2.23. The molecule has 0 N–H and O–H groups in total. The first-order chi connectivity index (χ1) is 29.5. The Morgan fingerprint density at radius 2 is 0.787 bits per heavy atom. The highest BCUT2D eigenvalue weighted by Crippen LogP contribution is 2.57. The van der Waals surface area contributed by atoms with Gasteiger partial charge >= 0.3 is 0 Å². The summed E-state index contributed by atoms with van der Waals surface area (Å²) in [6.07, 6.45) is 4.27. The summed E-state index contributed by atoms with van der Waals surface area (Å²) >= 11 is 0. The maximum atomic E-state index is 2.56. The first-order valence-electron chi connectivity index (χ1n) is 22.9. The molecule has 0 amide bonds. The van der Waals surface area contributed by atoms with Crippen LogP contribution in [0.5, 0.6) is 0 Å². The van der Waals surface area contributed by atoms with E-state index >= 15 is 0 Å².